The zero-order chi connectivity index (χ0) is 24.4. The summed E-state index contributed by atoms with van der Waals surface area (Å²) in [5.41, 5.74) is 3.69. The molecule has 0 aliphatic carbocycles. The number of aromatic nitrogens is 1. The molecule has 1 aliphatic heterocycles. The molecule has 3 aromatic carbocycles. The van der Waals surface area contributed by atoms with Crippen molar-refractivity contribution in [1.29, 1.82) is 0 Å². The molecule has 1 N–H and O–H groups in total. The number of carbonyl (C=O) groups is 2. The third kappa shape index (κ3) is 4.65. The summed E-state index contributed by atoms with van der Waals surface area (Å²) in [4.78, 5) is 26.1. The Labute approximate surface area is 205 Å². The van der Waals surface area contributed by atoms with Gasteiger partial charge in [-0.25, -0.2) is 9.59 Å². The van der Waals surface area contributed by atoms with Crippen LogP contribution in [-0.2, 0) is 22.6 Å². The van der Waals surface area contributed by atoms with Gasteiger partial charge in [0.25, 0.3) is 0 Å². The molecular formula is C26H21ClN2O6. The lowest BCUT2D eigenvalue weighted by Crippen LogP contribution is -2.41. The number of rotatable bonds is 6. The van der Waals surface area contributed by atoms with Gasteiger partial charge in [-0.05, 0) is 47.9 Å². The van der Waals surface area contributed by atoms with E-state index in [1.807, 2.05) is 42.5 Å². The molecule has 1 aromatic heterocycles. The third-order valence-electron chi connectivity index (χ3n) is 5.92. The van der Waals surface area contributed by atoms with Gasteiger partial charge < -0.3 is 19.1 Å². The highest BCUT2D eigenvalue weighted by Gasteiger charge is 2.35. The number of benzene rings is 3. The Hall–Kier alpha value is -4.04. The predicted molar refractivity (Wildman–Crippen MR) is 127 cm³/mol. The number of fused-ring (bicyclic) bond motifs is 2. The molecule has 0 fully saturated rings. The van der Waals surface area contributed by atoms with E-state index in [-0.39, 0.29) is 6.61 Å². The average molecular weight is 493 g/mol. The molecule has 8 nitrogen and oxygen atoms in total. The van der Waals surface area contributed by atoms with E-state index >= 15 is 0 Å². The lowest BCUT2D eigenvalue weighted by molar-refractivity contribution is -0.139. The monoisotopic (exact) mass is 492 g/mol. The van der Waals surface area contributed by atoms with Crippen molar-refractivity contribution in [2.45, 2.75) is 19.1 Å². The molecule has 0 spiro atoms. The van der Waals surface area contributed by atoms with E-state index in [0.29, 0.717) is 40.6 Å². The van der Waals surface area contributed by atoms with E-state index < -0.39 is 24.7 Å². The SMILES string of the molecule is O=C(O)COc1ccc(Cl)cc1[C@@H]1c2ccccc2CCN1C(=O)OCc1noc2ccccc12. The van der Waals surface area contributed by atoms with Crippen LogP contribution in [0.25, 0.3) is 11.0 Å². The van der Waals surface area contributed by atoms with E-state index in [0.717, 1.165) is 16.5 Å². The zero-order valence-corrected chi connectivity index (χ0v) is 19.3. The summed E-state index contributed by atoms with van der Waals surface area (Å²) in [7, 11) is 0. The van der Waals surface area contributed by atoms with Gasteiger partial charge in [0, 0.05) is 22.5 Å². The number of aliphatic carboxylic acids is 1. The minimum absolute atomic E-state index is 0.0569. The molecule has 4 aromatic rings. The van der Waals surface area contributed by atoms with Gasteiger partial charge in [-0.1, -0.05) is 53.2 Å². The molecule has 0 unspecified atom stereocenters. The van der Waals surface area contributed by atoms with Gasteiger partial charge in [0.1, 0.15) is 18.1 Å². The van der Waals surface area contributed by atoms with E-state index in [1.165, 1.54) is 0 Å². The molecule has 0 bridgehead atoms. The molecule has 0 radical (unpaired) electrons. The fraction of sp³-hybridized carbons (Fsp3) is 0.192. The van der Waals surface area contributed by atoms with Crippen molar-refractivity contribution in [2.24, 2.45) is 0 Å². The van der Waals surface area contributed by atoms with Gasteiger partial charge >= 0.3 is 12.1 Å². The van der Waals surface area contributed by atoms with Crippen molar-refractivity contribution in [2.75, 3.05) is 13.2 Å². The Balaban J connectivity index is 1.48. The van der Waals surface area contributed by atoms with Gasteiger partial charge in [-0.15, -0.1) is 0 Å². The Bertz CT molecular complexity index is 1400. The summed E-state index contributed by atoms with van der Waals surface area (Å²) in [6.45, 7) is -0.184. The second-order valence-electron chi connectivity index (χ2n) is 8.09. The van der Waals surface area contributed by atoms with Crippen LogP contribution in [0, 0.1) is 0 Å². The number of hydrogen-bond donors (Lipinski definition) is 1. The minimum atomic E-state index is -1.11. The lowest BCUT2D eigenvalue weighted by atomic mass is 9.88. The average Bonchev–Trinajstić information content (AvgIpc) is 3.29. The number of nitrogens with zero attached hydrogens (tertiary/aromatic N) is 2. The predicted octanol–water partition coefficient (Wildman–Crippen LogP) is 5.23. The standard InChI is InChI=1S/C26H21ClN2O6/c27-17-9-10-22(33-15-24(30)31)20(13-17)25-18-6-2-1-5-16(18)11-12-29(25)26(32)34-14-21-19-7-3-4-8-23(19)35-28-21/h1-10,13,25H,11-12,14-15H2,(H,30,31)/t25-/m0/s1. The molecule has 2 heterocycles. The van der Waals surface area contributed by atoms with Crippen LogP contribution < -0.4 is 4.74 Å². The first-order valence-corrected chi connectivity index (χ1v) is 11.4. The number of hydrogen-bond acceptors (Lipinski definition) is 6. The van der Waals surface area contributed by atoms with Crippen molar-refractivity contribution in [3.63, 3.8) is 0 Å². The molecule has 5 rings (SSSR count). The third-order valence-corrected chi connectivity index (χ3v) is 6.16. The van der Waals surface area contributed by atoms with Crippen molar-refractivity contribution in [1.82, 2.24) is 10.1 Å². The first-order valence-electron chi connectivity index (χ1n) is 11.0. The van der Waals surface area contributed by atoms with Gasteiger partial charge in [-0.3, -0.25) is 4.90 Å². The molecule has 0 saturated heterocycles. The Morgan fingerprint density at radius 2 is 1.89 bits per heavy atom. The molecular weight excluding hydrogens is 472 g/mol. The largest absolute Gasteiger partial charge is 0.482 e. The van der Waals surface area contributed by atoms with Crippen molar-refractivity contribution >= 4 is 34.6 Å². The number of halogens is 1. The molecule has 1 atom stereocenters. The molecule has 9 heteroatoms. The summed E-state index contributed by atoms with van der Waals surface area (Å²) in [6.07, 6.45) is 0.0985. The van der Waals surface area contributed by atoms with Crippen LogP contribution in [0.5, 0.6) is 5.75 Å². The highest BCUT2D eigenvalue weighted by molar-refractivity contribution is 6.30. The number of carbonyl (C=O) groups excluding carboxylic acids is 1. The maximum absolute atomic E-state index is 13.4. The van der Waals surface area contributed by atoms with Gasteiger partial charge in [0.2, 0.25) is 0 Å². The van der Waals surface area contributed by atoms with E-state index in [9.17, 15) is 9.59 Å². The van der Waals surface area contributed by atoms with E-state index in [4.69, 9.17) is 30.7 Å². The molecule has 35 heavy (non-hydrogen) atoms. The van der Waals surface area contributed by atoms with Crippen LogP contribution in [0.4, 0.5) is 4.79 Å². The normalized spacial score (nSPS) is 15.0. The molecule has 1 amide bonds. The second-order valence-corrected chi connectivity index (χ2v) is 8.53. The zero-order valence-electron chi connectivity index (χ0n) is 18.5. The van der Waals surface area contributed by atoms with Gasteiger partial charge in [0.15, 0.2) is 12.2 Å². The topological polar surface area (TPSA) is 102 Å². The first-order chi connectivity index (χ1) is 17.0. The van der Waals surface area contributed by atoms with E-state index in [1.54, 1.807) is 29.2 Å². The van der Waals surface area contributed by atoms with Gasteiger partial charge in [0.05, 0.1) is 6.04 Å². The van der Waals surface area contributed by atoms with Crippen LogP contribution in [0.2, 0.25) is 5.02 Å². The number of carboxylic acids is 1. The van der Waals surface area contributed by atoms with Gasteiger partial charge in [-0.2, -0.15) is 0 Å². The fourth-order valence-corrected chi connectivity index (χ4v) is 4.54. The maximum atomic E-state index is 13.4. The summed E-state index contributed by atoms with van der Waals surface area (Å²) < 4.78 is 16.5. The maximum Gasteiger partial charge on any atom is 0.410 e. The first kappa shape index (κ1) is 22.7. The Morgan fingerprint density at radius 1 is 1.09 bits per heavy atom. The number of ether oxygens (including phenoxy) is 2. The fourth-order valence-electron chi connectivity index (χ4n) is 4.36. The highest BCUT2D eigenvalue weighted by Crippen LogP contribution is 2.41. The van der Waals surface area contributed by atoms with Crippen molar-refractivity contribution in [3.8, 4) is 5.75 Å². The quantitative estimate of drug-likeness (QED) is 0.393. The highest BCUT2D eigenvalue weighted by atomic mass is 35.5. The second kappa shape index (κ2) is 9.68. The smallest absolute Gasteiger partial charge is 0.410 e. The summed E-state index contributed by atoms with van der Waals surface area (Å²) in [5.74, 6) is -0.773. The summed E-state index contributed by atoms with van der Waals surface area (Å²) >= 11 is 6.31. The molecule has 0 saturated carbocycles. The molecule has 178 valence electrons. The Morgan fingerprint density at radius 3 is 2.74 bits per heavy atom. The van der Waals surface area contributed by atoms with Crippen molar-refractivity contribution < 1.29 is 28.7 Å². The van der Waals surface area contributed by atoms with Crippen LogP contribution in [0.1, 0.15) is 28.4 Å². The van der Waals surface area contributed by atoms with Crippen LogP contribution in [-0.4, -0.2) is 40.4 Å². The lowest BCUT2D eigenvalue weighted by Gasteiger charge is -2.37. The summed E-state index contributed by atoms with van der Waals surface area (Å²) in [5, 5.41) is 14.4. The minimum Gasteiger partial charge on any atom is -0.482 e. The van der Waals surface area contributed by atoms with Crippen LogP contribution in [0.15, 0.2) is 71.3 Å². The van der Waals surface area contributed by atoms with Crippen LogP contribution >= 0.6 is 11.6 Å². The van der Waals surface area contributed by atoms with Crippen molar-refractivity contribution in [3.05, 3.63) is 94.1 Å². The van der Waals surface area contributed by atoms with Crippen LogP contribution in [0.3, 0.4) is 0 Å². The number of para-hydroxylation sites is 1. The molecule has 1 aliphatic rings. The number of amides is 1. The van der Waals surface area contributed by atoms with E-state index in [2.05, 4.69) is 5.16 Å². The Kier molecular flexibility index (Phi) is 6.29. The summed E-state index contributed by atoms with van der Waals surface area (Å²) in [6, 6.07) is 19.5. The number of carboxylic acid groups (broad SMARTS) is 1.